The first-order valence-electron chi connectivity index (χ1n) is 4.25. The second kappa shape index (κ2) is 4.79. The van der Waals surface area contributed by atoms with E-state index in [1.54, 1.807) is 0 Å². The van der Waals surface area contributed by atoms with Gasteiger partial charge < -0.3 is 10.4 Å². The Morgan fingerprint density at radius 1 is 1.62 bits per heavy atom. The van der Waals surface area contributed by atoms with Gasteiger partial charge in [0.2, 0.25) is 0 Å². The molecule has 0 saturated heterocycles. The Kier molecular flexibility index (Phi) is 3.45. The maximum absolute atomic E-state index is 10.8. The van der Waals surface area contributed by atoms with Gasteiger partial charge >= 0.3 is 5.97 Å². The summed E-state index contributed by atoms with van der Waals surface area (Å²) < 4.78 is 0. The summed E-state index contributed by atoms with van der Waals surface area (Å²) in [5.74, 6) is 1.03. The van der Waals surface area contributed by atoms with Gasteiger partial charge in [-0.25, -0.2) is 4.79 Å². The number of terminal acetylenes is 1. The number of anilines is 1. The third kappa shape index (κ3) is 2.48. The highest BCUT2D eigenvalue weighted by Crippen LogP contribution is 2.21. The lowest BCUT2D eigenvalue weighted by Crippen LogP contribution is -2.07. The summed E-state index contributed by atoms with van der Waals surface area (Å²) in [5.41, 5.74) is -0.191. The largest absolute Gasteiger partial charge is 0.478 e. The summed E-state index contributed by atoms with van der Waals surface area (Å²) in [6.45, 7) is 0.151. The van der Waals surface area contributed by atoms with Gasteiger partial charge in [0, 0.05) is 17.8 Å². The number of nitro groups is 1. The highest BCUT2D eigenvalue weighted by molar-refractivity contribution is 5.95. The molecule has 1 aromatic carbocycles. The van der Waals surface area contributed by atoms with E-state index in [1.165, 1.54) is 12.1 Å². The van der Waals surface area contributed by atoms with Crippen LogP contribution in [0.25, 0.3) is 0 Å². The fourth-order valence-corrected chi connectivity index (χ4v) is 1.12. The molecule has 0 aromatic heterocycles. The first-order chi connectivity index (χ1) is 7.56. The van der Waals surface area contributed by atoms with Crippen LogP contribution in [0.2, 0.25) is 0 Å². The van der Waals surface area contributed by atoms with E-state index in [9.17, 15) is 14.9 Å². The zero-order valence-corrected chi connectivity index (χ0v) is 8.14. The van der Waals surface area contributed by atoms with Crippen LogP contribution in [-0.4, -0.2) is 22.5 Å². The summed E-state index contributed by atoms with van der Waals surface area (Å²) in [6, 6.07) is 3.52. The third-order valence-corrected chi connectivity index (χ3v) is 1.83. The number of nitrogens with zero attached hydrogens (tertiary/aromatic N) is 1. The minimum absolute atomic E-state index is 0.151. The van der Waals surface area contributed by atoms with Crippen LogP contribution in [0, 0.1) is 22.5 Å². The average Bonchev–Trinajstić information content (AvgIpc) is 2.25. The molecule has 0 amide bonds. The van der Waals surface area contributed by atoms with Crippen LogP contribution >= 0.6 is 0 Å². The molecular weight excluding hydrogens is 212 g/mol. The zero-order valence-electron chi connectivity index (χ0n) is 8.14. The Hall–Kier alpha value is -2.55. The van der Waals surface area contributed by atoms with Gasteiger partial charge in [-0.2, -0.15) is 0 Å². The quantitative estimate of drug-likeness (QED) is 0.453. The summed E-state index contributed by atoms with van der Waals surface area (Å²) in [4.78, 5) is 20.7. The molecule has 16 heavy (non-hydrogen) atoms. The number of carbonyl (C=O) groups is 1. The first kappa shape index (κ1) is 11.5. The molecule has 0 aliphatic rings. The Labute approximate surface area is 91.0 Å². The van der Waals surface area contributed by atoms with Gasteiger partial charge in [0.05, 0.1) is 17.0 Å². The summed E-state index contributed by atoms with van der Waals surface area (Å²) in [7, 11) is 0. The van der Waals surface area contributed by atoms with Gasteiger partial charge in [-0.3, -0.25) is 10.1 Å². The van der Waals surface area contributed by atoms with Crippen LogP contribution in [0.3, 0.4) is 0 Å². The van der Waals surface area contributed by atoms with Crippen LogP contribution < -0.4 is 5.32 Å². The number of hydrogen-bond donors (Lipinski definition) is 2. The molecule has 6 heteroatoms. The molecule has 0 unspecified atom stereocenters. The number of nitrogens with one attached hydrogen (secondary N) is 1. The van der Waals surface area contributed by atoms with Crippen molar-refractivity contribution in [2.45, 2.75) is 0 Å². The predicted molar refractivity (Wildman–Crippen MR) is 57.4 cm³/mol. The van der Waals surface area contributed by atoms with Crippen molar-refractivity contribution in [2.75, 3.05) is 11.9 Å². The molecular formula is C10H8N2O4. The normalized spacial score (nSPS) is 9.19. The summed E-state index contributed by atoms with van der Waals surface area (Å²) >= 11 is 0. The molecule has 0 saturated carbocycles. The van der Waals surface area contributed by atoms with Crippen molar-refractivity contribution in [1.29, 1.82) is 0 Å². The number of carboxylic acids is 1. The lowest BCUT2D eigenvalue weighted by atomic mass is 10.1. The number of hydrogen-bond acceptors (Lipinski definition) is 4. The van der Waals surface area contributed by atoms with Crippen molar-refractivity contribution in [3.63, 3.8) is 0 Å². The molecule has 0 atom stereocenters. The van der Waals surface area contributed by atoms with Gasteiger partial charge in [-0.15, -0.1) is 6.42 Å². The van der Waals surface area contributed by atoms with Gasteiger partial charge in [-0.1, -0.05) is 5.92 Å². The van der Waals surface area contributed by atoms with Crippen molar-refractivity contribution in [2.24, 2.45) is 0 Å². The smallest absolute Gasteiger partial charge is 0.338 e. The van der Waals surface area contributed by atoms with E-state index in [1.807, 2.05) is 0 Å². The van der Waals surface area contributed by atoms with E-state index < -0.39 is 10.9 Å². The van der Waals surface area contributed by atoms with E-state index in [0.717, 1.165) is 6.07 Å². The monoisotopic (exact) mass is 220 g/mol. The number of non-ortho nitro benzene ring substituents is 1. The molecule has 2 N–H and O–H groups in total. The summed E-state index contributed by atoms with van der Waals surface area (Å²) in [5, 5.41) is 22.0. The second-order valence-electron chi connectivity index (χ2n) is 2.85. The number of nitro benzene ring substituents is 1. The number of aromatic carboxylic acids is 1. The molecule has 0 fully saturated rings. The van der Waals surface area contributed by atoms with Gasteiger partial charge in [-0.05, 0) is 6.07 Å². The van der Waals surface area contributed by atoms with E-state index in [-0.39, 0.29) is 23.5 Å². The second-order valence-corrected chi connectivity index (χ2v) is 2.85. The van der Waals surface area contributed by atoms with E-state index in [0.29, 0.717) is 0 Å². The van der Waals surface area contributed by atoms with Crippen molar-refractivity contribution in [3.8, 4) is 12.3 Å². The number of carboxylic acid groups (broad SMARTS) is 1. The highest BCUT2D eigenvalue weighted by Gasteiger charge is 2.15. The topological polar surface area (TPSA) is 92.5 Å². The van der Waals surface area contributed by atoms with Crippen molar-refractivity contribution < 1.29 is 14.8 Å². The van der Waals surface area contributed by atoms with Crippen LogP contribution in [0.15, 0.2) is 18.2 Å². The van der Waals surface area contributed by atoms with E-state index >= 15 is 0 Å². The van der Waals surface area contributed by atoms with E-state index in [4.69, 9.17) is 11.5 Å². The predicted octanol–water partition coefficient (Wildman–Crippen LogP) is 1.34. The number of rotatable bonds is 4. The molecule has 0 bridgehead atoms. The highest BCUT2D eigenvalue weighted by atomic mass is 16.6. The fourth-order valence-electron chi connectivity index (χ4n) is 1.12. The fraction of sp³-hybridized carbons (Fsp3) is 0.100. The molecule has 6 nitrogen and oxygen atoms in total. The minimum atomic E-state index is -1.25. The molecule has 0 heterocycles. The molecule has 82 valence electrons. The molecule has 0 aliphatic heterocycles. The molecule has 1 rings (SSSR count). The Balaban J connectivity index is 3.15. The SMILES string of the molecule is C#CCNc1ccc([N+](=O)[O-])cc1C(=O)O. The Morgan fingerprint density at radius 2 is 2.31 bits per heavy atom. The Morgan fingerprint density at radius 3 is 2.81 bits per heavy atom. The molecule has 0 radical (unpaired) electrons. The lowest BCUT2D eigenvalue weighted by Gasteiger charge is -2.06. The lowest BCUT2D eigenvalue weighted by molar-refractivity contribution is -0.384. The summed E-state index contributed by atoms with van der Waals surface area (Å²) in [6.07, 6.45) is 5.01. The van der Waals surface area contributed by atoms with Crippen LogP contribution in [0.4, 0.5) is 11.4 Å². The van der Waals surface area contributed by atoms with Crippen molar-refractivity contribution >= 4 is 17.3 Å². The van der Waals surface area contributed by atoms with Crippen LogP contribution in [-0.2, 0) is 0 Å². The maximum Gasteiger partial charge on any atom is 0.338 e. The zero-order chi connectivity index (χ0) is 12.1. The van der Waals surface area contributed by atoms with Crippen LogP contribution in [0.5, 0.6) is 0 Å². The van der Waals surface area contributed by atoms with Crippen molar-refractivity contribution in [3.05, 3.63) is 33.9 Å². The van der Waals surface area contributed by atoms with E-state index in [2.05, 4.69) is 11.2 Å². The average molecular weight is 220 g/mol. The Bertz CT molecular complexity index is 476. The first-order valence-corrected chi connectivity index (χ1v) is 4.25. The molecule has 0 spiro atoms. The maximum atomic E-state index is 10.8. The van der Waals surface area contributed by atoms with Crippen LogP contribution in [0.1, 0.15) is 10.4 Å². The van der Waals surface area contributed by atoms with Gasteiger partial charge in [0.1, 0.15) is 0 Å². The minimum Gasteiger partial charge on any atom is -0.478 e. The molecule has 1 aromatic rings. The standard InChI is InChI=1S/C10H8N2O4/c1-2-5-11-9-4-3-7(12(15)16)6-8(9)10(13)14/h1,3-4,6,11H,5H2,(H,13,14). The molecule has 0 aliphatic carbocycles. The third-order valence-electron chi connectivity index (χ3n) is 1.83. The van der Waals surface area contributed by atoms with Crippen molar-refractivity contribution in [1.82, 2.24) is 0 Å². The van der Waals surface area contributed by atoms with Gasteiger partial charge in [0.25, 0.3) is 5.69 Å². The number of benzene rings is 1. The van der Waals surface area contributed by atoms with Gasteiger partial charge in [0.15, 0.2) is 0 Å².